The Balaban J connectivity index is 0.000000140. The van der Waals surface area contributed by atoms with Gasteiger partial charge in [-0.2, -0.15) is 0 Å². The SMILES string of the molecule is Cc1ccccc1.[Na][c]1ccccc1. The molecule has 0 amide bonds. The Kier molecular flexibility index (Phi) is 5.62. The fourth-order valence-electron chi connectivity index (χ4n) is 1.07. The molecule has 0 unspecified atom stereocenters. The van der Waals surface area contributed by atoms with Gasteiger partial charge in [0.05, 0.1) is 0 Å². The van der Waals surface area contributed by atoms with Crippen LogP contribution >= 0.6 is 0 Å². The van der Waals surface area contributed by atoms with E-state index in [4.69, 9.17) is 0 Å². The van der Waals surface area contributed by atoms with Crippen LogP contribution in [0.2, 0.25) is 0 Å². The molecule has 0 heterocycles. The van der Waals surface area contributed by atoms with Gasteiger partial charge >= 0.3 is 61.1 Å². The Morgan fingerprint density at radius 3 is 1.36 bits per heavy atom. The Morgan fingerprint density at radius 2 is 1.14 bits per heavy atom. The molecule has 0 aliphatic heterocycles. The minimum atomic E-state index is 1.17. The first-order valence-corrected chi connectivity index (χ1v) is 5.82. The summed E-state index contributed by atoms with van der Waals surface area (Å²) >= 11 is 1.17. The van der Waals surface area contributed by atoms with Crippen LogP contribution < -0.4 is 2.81 Å². The van der Waals surface area contributed by atoms with Crippen LogP contribution in [0.1, 0.15) is 5.56 Å². The van der Waals surface area contributed by atoms with Crippen LogP contribution in [0.3, 0.4) is 0 Å². The van der Waals surface area contributed by atoms with Crippen molar-refractivity contribution in [2.75, 3.05) is 0 Å². The van der Waals surface area contributed by atoms with Crippen LogP contribution in [-0.2, 0) is 0 Å². The van der Waals surface area contributed by atoms with Gasteiger partial charge in [0.2, 0.25) is 0 Å². The summed E-state index contributed by atoms with van der Waals surface area (Å²) < 4.78 is 1.46. The molecule has 2 aromatic rings. The summed E-state index contributed by atoms with van der Waals surface area (Å²) in [4.78, 5) is 0. The summed E-state index contributed by atoms with van der Waals surface area (Å²) in [5, 5.41) is 0. The molecule has 0 saturated heterocycles. The van der Waals surface area contributed by atoms with Gasteiger partial charge in [-0.05, 0) is 6.92 Å². The van der Waals surface area contributed by atoms with Crippen molar-refractivity contribution in [3.05, 3.63) is 66.2 Å². The summed E-state index contributed by atoms with van der Waals surface area (Å²) in [6.07, 6.45) is 0. The first-order chi connectivity index (χ1) is 6.79. The van der Waals surface area contributed by atoms with Crippen LogP contribution in [0.5, 0.6) is 0 Å². The second kappa shape index (κ2) is 6.83. The molecule has 0 bridgehead atoms. The van der Waals surface area contributed by atoms with E-state index in [-0.39, 0.29) is 0 Å². The maximum atomic E-state index is 2.15. The summed E-state index contributed by atoms with van der Waals surface area (Å²) in [6, 6.07) is 20.7. The van der Waals surface area contributed by atoms with Crippen molar-refractivity contribution >= 4 is 30.7 Å². The second-order valence-corrected chi connectivity index (χ2v) is 4.46. The van der Waals surface area contributed by atoms with E-state index in [1.165, 1.54) is 36.3 Å². The van der Waals surface area contributed by atoms with Crippen LogP contribution in [-0.4, -0.2) is 27.9 Å². The van der Waals surface area contributed by atoms with Crippen molar-refractivity contribution in [3.63, 3.8) is 0 Å². The molecular formula is C13H13Na. The molecule has 0 aromatic heterocycles. The van der Waals surface area contributed by atoms with E-state index in [0.29, 0.717) is 0 Å². The molecule has 0 radical (unpaired) electrons. The number of hydrogen-bond acceptors (Lipinski definition) is 0. The Morgan fingerprint density at radius 1 is 0.714 bits per heavy atom. The predicted octanol–water partition coefficient (Wildman–Crippen LogP) is 2.48. The van der Waals surface area contributed by atoms with Gasteiger partial charge in [-0.1, -0.05) is 35.9 Å². The van der Waals surface area contributed by atoms with Crippen molar-refractivity contribution in [3.8, 4) is 0 Å². The normalized spacial score (nSPS) is 8.79. The fourth-order valence-corrected chi connectivity index (χ4v) is 1.45. The third kappa shape index (κ3) is 5.23. The zero-order valence-electron chi connectivity index (χ0n) is 8.77. The maximum absolute atomic E-state index is 2.15. The molecule has 0 aliphatic carbocycles. The van der Waals surface area contributed by atoms with E-state index in [1.54, 1.807) is 0 Å². The van der Waals surface area contributed by atoms with Crippen molar-refractivity contribution in [2.24, 2.45) is 0 Å². The van der Waals surface area contributed by atoms with Crippen LogP contribution in [0.25, 0.3) is 0 Å². The van der Waals surface area contributed by atoms with Gasteiger partial charge in [-0.25, -0.2) is 0 Å². The standard InChI is InChI=1S/C7H8.C6H5.Na/c1-7-5-3-2-4-6-7;1-2-4-6-5-3-1;/h2-6H,1H3;1-5H;. The van der Waals surface area contributed by atoms with Gasteiger partial charge in [0, 0.05) is 0 Å². The average Bonchev–Trinajstić information content (AvgIpc) is 2.21. The molecule has 0 spiro atoms. The van der Waals surface area contributed by atoms with Gasteiger partial charge in [-0.3, -0.25) is 0 Å². The van der Waals surface area contributed by atoms with E-state index >= 15 is 0 Å². The van der Waals surface area contributed by atoms with Crippen LogP contribution in [0.4, 0.5) is 0 Å². The molecule has 0 N–H and O–H groups in total. The average molecular weight is 192 g/mol. The van der Waals surface area contributed by atoms with Gasteiger partial charge < -0.3 is 0 Å². The van der Waals surface area contributed by atoms with Crippen molar-refractivity contribution in [2.45, 2.75) is 6.92 Å². The monoisotopic (exact) mass is 192 g/mol. The van der Waals surface area contributed by atoms with Crippen LogP contribution in [0, 0.1) is 6.92 Å². The quantitative estimate of drug-likeness (QED) is 0.562. The molecule has 2 rings (SSSR count). The molecule has 2 aromatic carbocycles. The summed E-state index contributed by atoms with van der Waals surface area (Å²) in [6.45, 7) is 2.08. The summed E-state index contributed by atoms with van der Waals surface area (Å²) in [5.74, 6) is 0. The van der Waals surface area contributed by atoms with Gasteiger partial charge in [0.1, 0.15) is 0 Å². The van der Waals surface area contributed by atoms with Crippen molar-refractivity contribution < 1.29 is 0 Å². The van der Waals surface area contributed by atoms with E-state index in [0.717, 1.165) is 0 Å². The molecule has 1 heteroatoms. The van der Waals surface area contributed by atoms with E-state index in [2.05, 4.69) is 43.3 Å². The zero-order chi connectivity index (χ0) is 10.2. The number of aryl methyl sites for hydroxylation is 1. The molecule has 0 atom stereocenters. The number of rotatable bonds is 0. The third-order valence-electron chi connectivity index (χ3n) is 1.88. The molecular weight excluding hydrogens is 179 g/mol. The van der Waals surface area contributed by atoms with E-state index in [9.17, 15) is 0 Å². The summed E-state index contributed by atoms with van der Waals surface area (Å²) in [5.41, 5.74) is 1.32. The topological polar surface area (TPSA) is 0 Å². The fraction of sp³-hybridized carbons (Fsp3) is 0.0769. The predicted molar refractivity (Wildman–Crippen MR) is 63.0 cm³/mol. The molecule has 0 saturated carbocycles. The molecule has 0 aliphatic rings. The Hall–Kier alpha value is -0.560. The first-order valence-electron chi connectivity index (χ1n) is 4.82. The van der Waals surface area contributed by atoms with Gasteiger partial charge in [0.15, 0.2) is 0 Å². The zero-order valence-corrected chi connectivity index (χ0v) is 10.8. The van der Waals surface area contributed by atoms with Gasteiger partial charge in [-0.15, -0.1) is 0 Å². The minimum absolute atomic E-state index is 1.17. The molecule has 0 nitrogen and oxygen atoms in total. The summed E-state index contributed by atoms with van der Waals surface area (Å²) in [7, 11) is 0. The second-order valence-electron chi connectivity index (χ2n) is 3.31. The molecule has 0 fully saturated rings. The van der Waals surface area contributed by atoms with Crippen molar-refractivity contribution in [1.29, 1.82) is 0 Å². The van der Waals surface area contributed by atoms with E-state index in [1.807, 2.05) is 24.3 Å². The Bertz CT molecular complexity index is 303. The number of hydrogen-bond donors (Lipinski definition) is 0. The van der Waals surface area contributed by atoms with Gasteiger partial charge in [0.25, 0.3) is 0 Å². The molecule has 66 valence electrons. The van der Waals surface area contributed by atoms with Crippen molar-refractivity contribution in [1.82, 2.24) is 0 Å². The third-order valence-corrected chi connectivity index (χ3v) is 2.55. The molecule has 14 heavy (non-hydrogen) atoms. The number of benzene rings is 2. The Labute approximate surface area is 103 Å². The van der Waals surface area contributed by atoms with Crippen LogP contribution in [0.15, 0.2) is 60.7 Å². The first kappa shape index (κ1) is 11.5. The van der Waals surface area contributed by atoms with E-state index < -0.39 is 0 Å².